The van der Waals surface area contributed by atoms with Crippen molar-refractivity contribution in [1.29, 1.82) is 0 Å². The molecule has 15 heavy (non-hydrogen) atoms. The normalized spacial score (nSPS) is 9.67. The van der Waals surface area contributed by atoms with E-state index in [4.69, 9.17) is 16.0 Å². The zero-order chi connectivity index (χ0) is 10.7. The van der Waals surface area contributed by atoms with E-state index >= 15 is 0 Å². The Morgan fingerprint density at radius 2 is 2.27 bits per heavy atom. The van der Waals surface area contributed by atoms with Crippen molar-refractivity contribution in [3.8, 4) is 0 Å². The van der Waals surface area contributed by atoms with Gasteiger partial charge in [-0.1, -0.05) is 11.6 Å². The van der Waals surface area contributed by atoms with Gasteiger partial charge in [-0.2, -0.15) is 0 Å². The van der Waals surface area contributed by atoms with E-state index in [9.17, 15) is 4.79 Å². The molecular weight excluding hydrogens is 214 g/mol. The average molecular weight is 220 g/mol. The van der Waals surface area contributed by atoms with Gasteiger partial charge in [-0.15, -0.1) is 0 Å². The molecule has 0 fully saturated rings. The summed E-state index contributed by atoms with van der Waals surface area (Å²) >= 11 is 5.64. The van der Waals surface area contributed by atoms with Crippen LogP contribution in [-0.4, -0.2) is 10.9 Å². The lowest BCUT2D eigenvalue weighted by Gasteiger charge is -1.98. The number of carbonyl (C=O) groups excluding carboxylic acids is 1. The lowest BCUT2D eigenvalue weighted by atomic mass is 10.1. The summed E-state index contributed by atoms with van der Waals surface area (Å²) in [5.41, 5.74) is 0.966. The van der Waals surface area contributed by atoms with Crippen LogP contribution < -0.4 is 0 Å². The molecule has 2 aromatic heterocycles. The van der Waals surface area contributed by atoms with Crippen molar-refractivity contribution in [3.05, 3.63) is 53.2 Å². The largest absolute Gasteiger partial charge is 0.464 e. The molecule has 0 atom stereocenters. The Bertz CT molecular complexity index is 496. The third-order valence-electron chi connectivity index (χ3n) is 1.89. The molecule has 3 nitrogen and oxygen atoms in total. The molecule has 0 saturated heterocycles. The molecule has 0 amide bonds. The van der Waals surface area contributed by atoms with Gasteiger partial charge in [0.15, 0.2) is 0 Å². The van der Waals surface area contributed by atoms with Crippen LogP contribution in [0.4, 0.5) is 0 Å². The molecule has 0 saturated carbocycles. The van der Waals surface area contributed by atoms with E-state index in [1.54, 1.807) is 24.3 Å². The van der Waals surface area contributed by atoms with Crippen LogP contribution in [0.1, 0.15) is 11.3 Å². The molecule has 2 rings (SSSR count). The molecule has 2 aromatic rings. The Balaban J connectivity index is 2.46. The highest BCUT2D eigenvalue weighted by molar-refractivity contribution is 6.29. The summed E-state index contributed by atoms with van der Waals surface area (Å²) in [7, 11) is 0. The first-order valence-corrected chi connectivity index (χ1v) is 4.60. The van der Waals surface area contributed by atoms with Gasteiger partial charge in [-0.3, -0.25) is 0 Å². The second kappa shape index (κ2) is 4.13. The van der Waals surface area contributed by atoms with E-state index in [0.717, 1.165) is 0 Å². The summed E-state index contributed by atoms with van der Waals surface area (Å²) in [4.78, 5) is 14.7. The Kier molecular flexibility index (Phi) is 2.68. The highest BCUT2D eigenvalue weighted by Gasteiger charge is 2.09. The van der Waals surface area contributed by atoms with Gasteiger partial charge in [0.25, 0.3) is 0 Å². The average Bonchev–Trinajstić information content (AvgIpc) is 2.75. The van der Waals surface area contributed by atoms with Crippen molar-refractivity contribution in [3.63, 3.8) is 0 Å². The standard InChI is InChI=1S/C11H6ClNO2/c12-11-4-3-8(6-13-11)9(7-14)10-2-1-5-15-10/h1-6H. The summed E-state index contributed by atoms with van der Waals surface area (Å²) in [6.45, 7) is 0. The van der Waals surface area contributed by atoms with Crippen LogP contribution in [0.5, 0.6) is 0 Å². The fraction of sp³-hybridized carbons (Fsp3) is 0. The third-order valence-corrected chi connectivity index (χ3v) is 2.11. The number of halogens is 1. The molecule has 0 unspecified atom stereocenters. The predicted octanol–water partition coefficient (Wildman–Crippen LogP) is 2.59. The van der Waals surface area contributed by atoms with Gasteiger partial charge in [0.05, 0.1) is 6.26 Å². The molecule has 0 spiro atoms. The second-order valence-corrected chi connectivity index (χ2v) is 3.21. The molecule has 74 valence electrons. The molecular formula is C11H6ClNO2. The smallest absolute Gasteiger partial charge is 0.145 e. The van der Waals surface area contributed by atoms with Crippen LogP contribution in [0.25, 0.3) is 5.57 Å². The Morgan fingerprint density at radius 3 is 2.80 bits per heavy atom. The highest BCUT2D eigenvalue weighted by atomic mass is 35.5. The van der Waals surface area contributed by atoms with Crippen LogP contribution in [-0.2, 0) is 4.79 Å². The summed E-state index contributed by atoms with van der Waals surface area (Å²) in [5.74, 6) is 2.30. The summed E-state index contributed by atoms with van der Waals surface area (Å²) in [5, 5.41) is 0.378. The zero-order valence-electron chi connectivity index (χ0n) is 7.61. The monoisotopic (exact) mass is 219 g/mol. The van der Waals surface area contributed by atoms with Crippen molar-refractivity contribution in [1.82, 2.24) is 4.98 Å². The number of hydrogen-bond donors (Lipinski definition) is 0. The van der Waals surface area contributed by atoms with Crippen LogP contribution in [0.2, 0.25) is 5.15 Å². The minimum atomic E-state index is 0.337. The minimum absolute atomic E-state index is 0.337. The molecule has 0 radical (unpaired) electrons. The molecule has 0 aromatic carbocycles. The van der Waals surface area contributed by atoms with E-state index < -0.39 is 0 Å². The predicted molar refractivity (Wildman–Crippen MR) is 56.2 cm³/mol. The quantitative estimate of drug-likeness (QED) is 0.576. The van der Waals surface area contributed by atoms with Gasteiger partial charge in [0.1, 0.15) is 22.4 Å². The van der Waals surface area contributed by atoms with E-state index in [1.807, 2.05) is 5.94 Å². The van der Waals surface area contributed by atoms with Crippen LogP contribution in [0, 0.1) is 0 Å². The lowest BCUT2D eigenvalue weighted by Crippen LogP contribution is -1.87. The van der Waals surface area contributed by atoms with Crippen molar-refractivity contribution >= 4 is 23.1 Å². The first kappa shape index (κ1) is 9.71. The Morgan fingerprint density at radius 1 is 1.40 bits per heavy atom. The first-order valence-electron chi connectivity index (χ1n) is 4.22. The van der Waals surface area contributed by atoms with Gasteiger partial charge in [-0.05, 0) is 24.3 Å². The van der Waals surface area contributed by atoms with Gasteiger partial charge < -0.3 is 4.42 Å². The summed E-state index contributed by atoms with van der Waals surface area (Å²) in [6.07, 6.45) is 3.00. The number of rotatable bonds is 2. The second-order valence-electron chi connectivity index (χ2n) is 2.82. The summed E-state index contributed by atoms with van der Waals surface area (Å²) < 4.78 is 5.11. The minimum Gasteiger partial charge on any atom is -0.464 e. The number of nitrogens with zero attached hydrogens (tertiary/aromatic N) is 1. The summed E-state index contributed by atoms with van der Waals surface area (Å²) in [6, 6.07) is 6.69. The number of pyridine rings is 1. The van der Waals surface area contributed by atoms with Crippen LogP contribution >= 0.6 is 11.6 Å². The maximum atomic E-state index is 10.8. The van der Waals surface area contributed by atoms with Gasteiger partial charge in [0, 0.05) is 11.8 Å². The lowest BCUT2D eigenvalue weighted by molar-refractivity contribution is 0.549. The highest BCUT2D eigenvalue weighted by Crippen LogP contribution is 2.21. The number of hydrogen-bond acceptors (Lipinski definition) is 3. The SMILES string of the molecule is O=C=C(c1ccc(Cl)nc1)c1ccco1. The third kappa shape index (κ3) is 1.99. The van der Waals surface area contributed by atoms with Gasteiger partial charge in [-0.25, -0.2) is 9.78 Å². The van der Waals surface area contributed by atoms with Crippen molar-refractivity contribution in [2.24, 2.45) is 0 Å². The fourth-order valence-electron chi connectivity index (χ4n) is 1.20. The maximum Gasteiger partial charge on any atom is 0.145 e. The molecule has 0 bridgehead atoms. The van der Waals surface area contributed by atoms with Crippen LogP contribution in [0.15, 0.2) is 41.1 Å². The van der Waals surface area contributed by atoms with E-state index in [-0.39, 0.29) is 0 Å². The van der Waals surface area contributed by atoms with Crippen molar-refractivity contribution in [2.45, 2.75) is 0 Å². The molecule has 4 heteroatoms. The maximum absolute atomic E-state index is 10.8. The topological polar surface area (TPSA) is 43.1 Å². The Hall–Kier alpha value is -1.83. The van der Waals surface area contributed by atoms with Gasteiger partial charge in [0.2, 0.25) is 0 Å². The molecule has 2 heterocycles. The van der Waals surface area contributed by atoms with Crippen LogP contribution in [0.3, 0.4) is 0 Å². The number of furan rings is 1. The van der Waals surface area contributed by atoms with E-state index in [0.29, 0.717) is 22.0 Å². The molecule has 0 aliphatic carbocycles. The van der Waals surface area contributed by atoms with Gasteiger partial charge >= 0.3 is 0 Å². The Labute approximate surface area is 91.0 Å². The molecule has 0 aliphatic heterocycles. The van der Waals surface area contributed by atoms with E-state index in [1.165, 1.54) is 12.5 Å². The van der Waals surface area contributed by atoms with Crippen molar-refractivity contribution < 1.29 is 9.21 Å². The number of aromatic nitrogens is 1. The zero-order valence-corrected chi connectivity index (χ0v) is 8.36. The van der Waals surface area contributed by atoms with Crippen molar-refractivity contribution in [2.75, 3.05) is 0 Å². The molecule has 0 N–H and O–H groups in total. The fourth-order valence-corrected chi connectivity index (χ4v) is 1.31. The molecule has 0 aliphatic rings. The first-order chi connectivity index (χ1) is 7.31. The van der Waals surface area contributed by atoms with E-state index in [2.05, 4.69) is 4.98 Å².